The number of hydrogen-bond donors (Lipinski definition) is 0. The van der Waals surface area contributed by atoms with E-state index in [1.54, 1.807) is 0 Å². The molecule has 0 aromatic carbocycles. The van der Waals surface area contributed by atoms with Gasteiger partial charge >= 0.3 is 0 Å². The minimum Gasteiger partial charge on any atom is -0.335 e. The molecule has 0 aliphatic carbocycles. The Balaban J connectivity index is 2.49. The Labute approximate surface area is 75.8 Å². The van der Waals surface area contributed by atoms with Crippen LogP contribution in [0.5, 0.6) is 0 Å². The second-order valence-corrected chi connectivity index (χ2v) is 4.44. The number of rotatable bonds is 3. The van der Waals surface area contributed by atoms with Crippen molar-refractivity contribution in [3.8, 4) is 0 Å². The molecule has 62 valence electrons. The van der Waals surface area contributed by atoms with Gasteiger partial charge in [0.1, 0.15) is 0 Å². The Kier molecular flexibility index (Phi) is 3.12. The highest BCUT2D eigenvalue weighted by Gasteiger charge is 2.06. The topological polar surface area (TPSA) is 17.8 Å². The SMILES string of the molecule is CC(Br)CC(C)n1ccnc1. The molecule has 0 bridgehead atoms. The smallest absolute Gasteiger partial charge is 0.0948 e. The maximum Gasteiger partial charge on any atom is 0.0948 e. The normalized spacial score (nSPS) is 16.3. The highest BCUT2D eigenvalue weighted by Crippen LogP contribution is 2.16. The number of nitrogens with zero attached hydrogens (tertiary/aromatic N) is 2. The summed E-state index contributed by atoms with van der Waals surface area (Å²) in [5.41, 5.74) is 0. The van der Waals surface area contributed by atoms with Crippen LogP contribution in [0.1, 0.15) is 26.3 Å². The van der Waals surface area contributed by atoms with Gasteiger partial charge in [0, 0.05) is 23.3 Å². The van der Waals surface area contributed by atoms with E-state index in [2.05, 4.69) is 39.3 Å². The first kappa shape index (κ1) is 8.78. The second-order valence-electron chi connectivity index (χ2n) is 2.88. The van der Waals surface area contributed by atoms with Crippen molar-refractivity contribution in [2.75, 3.05) is 0 Å². The molecule has 1 aromatic rings. The molecule has 1 aromatic heterocycles. The zero-order chi connectivity index (χ0) is 8.27. The Morgan fingerprint density at radius 3 is 2.73 bits per heavy atom. The van der Waals surface area contributed by atoms with Crippen LogP contribution < -0.4 is 0 Å². The maximum atomic E-state index is 4.00. The molecule has 0 fully saturated rings. The van der Waals surface area contributed by atoms with Gasteiger partial charge in [0.25, 0.3) is 0 Å². The minimum absolute atomic E-state index is 0.534. The summed E-state index contributed by atoms with van der Waals surface area (Å²) in [6, 6.07) is 0.534. The summed E-state index contributed by atoms with van der Waals surface area (Å²) in [7, 11) is 0. The van der Waals surface area contributed by atoms with Crippen molar-refractivity contribution in [3.05, 3.63) is 18.7 Å². The minimum atomic E-state index is 0.534. The molecule has 0 amide bonds. The Morgan fingerprint density at radius 1 is 1.55 bits per heavy atom. The van der Waals surface area contributed by atoms with Crippen LogP contribution in [0.15, 0.2) is 18.7 Å². The van der Waals surface area contributed by atoms with Gasteiger partial charge in [0.2, 0.25) is 0 Å². The van der Waals surface area contributed by atoms with Crippen molar-refractivity contribution in [3.63, 3.8) is 0 Å². The molecule has 0 saturated heterocycles. The average molecular weight is 217 g/mol. The highest BCUT2D eigenvalue weighted by molar-refractivity contribution is 9.09. The van der Waals surface area contributed by atoms with Crippen LogP contribution in [0.3, 0.4) is 0 Å². The van der Waals surface area contributed by atoms with E-state index in [4.69, 9.17) is 0 Å². The zero-order valence-corrected chi connectivity index (χ0v) is 8.45. The van der Waals surface area contributed by atoms with Crippen molar-refractivity contribution in [1.82, 2.24) is 9.55 Å². The van der Waals surface area contributed by atoms with E-state index in [1.807, 2.05) is 18.7 Å². The number of halogens is 1. The monoisotopic (exact) mass is 216 g/mol. The summed E-state index contributed by atoms with van der Waals surface area (Å²) in [5.74, 6) is 0. The summed E-state index contributed by atoms with van der Waals surface area (Å²) in [6.07, 6.45) is 6.81. The van der Waals surface area contributed by atoms with Gasteiger partial charge in [0.15, 0.2) is 0 Å². The Hall–Kier alpha value is -0.310. The second kappa shape index (κ2) is 3.90. The van der Waals surface area contributed by atoms with E-state index in [-0.39, 0.29) is 0 Å². The van der Waals surface area contributed by atoms with E-state index in [1.165, 1.54) is 0 Å². The number of imidazole rings is 1. The van der Waals surface area contributed by atoms with Gasteiger partial charge in [-0.05, 0) is 13.3 Å². The van der Waals surface area contributed by atoms with E-state index in [0.29, 0.717) is 10.9 Å². The van der Waals surface area contributed by atoms with Crippen molar-refractivity contribution in [2.45, 2.75) is 31.1 Å². The molecule has 2 atom stereocenters. The predicted molar refractivity (Wildman–Crippen MR) is 49.9 cm³/mol. The predicted octanol–water partition coefficient (Wildman–Crippen LogP) is 2.62. The van der Waals surface area contributed by atoms with E-state index < -0.39 is 0 Å². The summed E-state index contributed by atoms with van der Waals surface area (Å²) in [5, 5.41) is 0. The quantitative estimate of drug-likeness (QED) is 0.711. The molecule has 0 saturated carbocycles. The number of aromatic nitrogens is 2. The summed E-state index contributed by atoms with van der Waals surface area (Å²) in [4.78, 5) is 4.57. The molecule has 0 radical (unpaired) electrons. The van der Waals surface area contributed by atoms with Gasteiger partial charge in [-0.2, -0.15) is 0 Å². The molecular formula is C8H13BrN2. The van der Waals surface area contributed by atoms with Crippen LogP contribution in [0, 0.1) is 0 Å². The van der Waals surface area contributed by atoms with Gasteiger partial charge in [-0.3, -0.25) is 0 Å². The molecule has 0 aliphatic rings. The van der Waals surface area contributed by atoms with Gasteiger partial charge in [-0.15, -0.1) is 0 Å². The molecule has 1 heterocycles. The first-order valence-corrected chi connectivity index (χ1v) is 4.73. The van der Waals surface area contributed by atoms with Crippen LogP contribution in [-0.4, -0.2) is 14.4 Å². The van der Waals surface area contributed by atoms with Crippen molar-refractivity contribution >= 4 is 15.9 Å². The number of hydrogen-bond acceptors (Lipinski definition) is 1. The summed E-state index contributed by atoms with van der Waals surface area (Å²) < 4.78 is 2.12. The van der Waals surface area contributed by atoms with Gasteiger partial charge in [-0.25, -0.2) is 4.98 Å². The number of alkyl halides is 1. The van der Waals surface area contributed by atoms with Crippen molar-refractivity contribution in [1.29, 1.82) is 0 Å². The summed E-state index contributed by atoms with van der Waals surface area (Å²) in [6.45, 7) is 4.35. The zero-order valence-electron chi connectivity index (χ0n) is 6.87. The van der Waals surface area contributed by atoms with Gasteiger partial charge in [0.05, 0.1) is 6.33 Å². The van der Waals surface area contributed by atoms with Crippen LogP contribution >= 0.6 is 15.9 Å². The first-order chi connectivity index (χ1) is 5.20. The van der Waals surface area contributed by atoms with Crippen LogP contribution in [0.25, 0.3) is 0 Å². The molecule has 1 rings (SSSR count). The lowest BCUT2D eigenvalue weighted by molar-refractivity contribution is 0.508. The van der Waals surface area contributed by atoms with Gasteiger partial charge in [-0.1, -0.05) is 22.9 Å². The van der Waals surface area contributed by atoms with Crippen molar-refractivity contribution < 1.29 is 0 Å². The summed E-state index contributed by atoms with van der Waals surface area (Å²) >= 11 is 3.53. The Bertz CT molecular complexity index is 194. The van der Waals surface area contributed by atoms with Crippen LogP contribution in [0.4, 0.5) is 0 Å². The molecule has 2 unspecified atom stereocenters. The van der Waals surface area contributed by atoms with E-state index in [0.717, 1.165) is 6.42 Å². The Morgan fingerprint density at radius 2 is 2.27 bits per heavy atom. The maximum absolute atomic E-state index is 4.00. The lowest BCUT2D eigenvalue weighted by Crippen LogP contribution is -2.06. The highest BCUT2D eigenvalue weighted by atomic mass is 79.9. The lowest BCUT2D eigenvalue weighted by atomic mass is 10.2. The standard InChI is InChI=1S/C8H13BrN2/c1-7(9)5-8(2)11-4-3-10-6-11/h3-4,6-8H,5H2,1-2H3. The molecule has 2 nitrogen and oxygen atoms in total. The molecule has 0 aliphatic heterocycles. The molecule has 0 spiro atoms. The lowest BCUT2D eigenvalue weighted by Gasteiger charge is -2.13. The molecular weight excluding hydrogens is 204 g/mol. The first-order valence-electron chi connectivity index (χ1n) is 3.81. The molecule has 3 heteroatoms. The van der Waals surface area contributed by atoms with Crippen LogP contribution in [0.2, 0.25) is 0 Å². The fourth-order valence-electron chi connectivity index (χ4n) is 1.12. The fraction of sp³-hybridized carbons (Fsp3) is 0.625. The third kappa shape index (κ3) is 2.66. The average Bonchev–Trinajstić information content (AvgIpc) is 2.35. The largest absolute Gasteiger partial charge is 0.335 e. The van der Waals surface area contributed by atoms with Crippen molar-refractivity contribution in [2.24, 2.45) is 0 Å². The third-order valence-electron chi connectivity index (χ3n) is 1.70. The van der Waals surface area contributed by atoms with E-state index >= 15 is 0 Å². The fourth-order valence-corrected chi connectivity index (χ4v) is 1.66. The van der Waals surface area contributed by atoms with Crippen LogP contribution in [-0.2, 0) is 0 Å². The van der Waals surface area contributed by atoms with E-state index in [9.17, 15) is 0 Å². The molecule has 0 N–H and O–H groups in total. The van der Waals surface area contributed by atoms with Gasteiger partial charge < -0.3 is 4.57 Å². The third-order valence-corrected chi connectivity index (χ3v) is 2.07. The molecule has 11 heavy (non-hydrogen) atoms.